The van der Waals surface area contributed by atoms with Crippen LogP contribution in [0.4, 0.5) is 5.69 Å². The van der Waals surface area contributed by atoms with E-state index >= 15 is 0 Å². The Morgan fingerprint density at radius 1 is 0.925 bits per heavy atom. The van der Waals surface area contributed by atoms with Crippen LogP contribution in [-0.2, 0) is 0 Å². The molecular weight excluding hydrogens is 496 g/mol. The predicted molar refractivity (Wildman–Crippen MR) is 162 cm³/mol. The molecule has 1 amide bonds. The van der Waals surface area contributed by atoms with Crippen LogP contribution in [-0.4, -0.2) is 32.7 Å². The van der Waals surface area contributed by atoms with E-state index < -0.39 is 5.91 Å². The summed E-state index contributed by atoms with van der Waals surface area (Å²) in [5.74, 6) is -0.473. The molecule has 0 bridgehead atoms. The van der Waals surface area contributed by atoms with E-state index in [1.807, 2.05) is 36.5 Å². The number of carbonyl (C=O) groups is 1. The van der Waals surface area contributed by atoms with Crippen LogP contribution in [0.1, 0.15) is 36.0 Å². The number of nitrogens with zero attached hydrogens (tertiary/aromatic N) is 2. The quantitative estimate of drug-likeness (QED) is 0.230. The van der Waals surface area contributed by atoms with Crippen LogP contribution < -0.4 is 11.1 Å². The van der Waals surface area contributed by atoms with Crippen LogP contribution in [0, 0.1) is 0 Å². The molecule has 0 aliphatic heterocycles. The number of aromatic nitrogens is 2. The number of benzene rings is 4. The molecule has 0 saturated heterocycles. The van der Waals surface area contributed by atoms with Crippen molar-refractivity contribution in [1.29, 1.82) is 0 Å². The molecule has 2 heterocycles. The van der Waals surface area contributed by atoms with Crippen molar-refractivity contribution in [2.75, 3.05) is 5.32 Å². The summed E-state index contributed by atoms with van der Waals surface area (Å²) in [6, 6.07) is 31.0. The maximum atomic E-state index is 12.4. The number of primary amides is 1. The number of hydrogen-bond acceptors (Lipinski definition) is 4. The van der Waals surface area contributed by atoms with Gasteiger partial charge < -0.3 is 20.7 Å². The van der Waals surface area contributed by atoms with E-state index in [2.05, 4.69) is 64.5 Å². The minimum atomic E-state index is -0.473. The summed E-state index contributed by atoms with van der Waals surface area (Å²) in [5.41, 5.74) is 13.2. The highest BCUT2D eigenvalue weighted by Gasteiger charge is 2.23. The average molecular weight is 527 g/mol. The number of aliphatic hydroxyl groups is 1. The van der Waals surface area contributed by atoms with Crippen molar-refractivity contribution in [2.45, 2.75) is 37.8 Å². The fourth-order valence-corrected chi connectivity index (χ4v) is 6.28. The molecule has 2 atom stereocenters. The van der Waals surface area contributed by atoms with Crippen molar-refractivity contribution in [3.63, 3.8) is 0 Å². The summed E-state index contributed by atoms with van der Waals surface area (Å²) in [6.07, 6.45) is 4.98. The Kier molecular flexibility index (Phi) is 5.98. The summed E-state index contributed by atoms with van der Waals surface area (Å²) in [5, 5.41) is 17.1. The van der Waals surface area contributed by atoms with Gasteiger partial charge in [0, 0.05) is 45.3 Å². The Labute approximate surface area is 232 Å². The number of amides is 1. The van der Waals surface area contributed by atoms with Gasteiger partial charge in [-0.3, -0.25) is 9.78 Å². The van der Waals surface area contributed by atoms with Crippen LogP contribution >= 0.6 is 0 Å². The number of para-hydroxylation sites is 2. The Balaban J connectivity index is 1.42. The molecule has 6 aromatic rings. The van der Waals surface area contributed by atoms with Crippen LogP contribution in [0.5, 0.6) is 0 Å². The van der Waals surface area contributed by atoms with Gasteiger partial charge in [-0.25, -0.2) is 0 Å². The second-order valence-electron chi connectivity index (χ2n) is 10.7. The number of nitrogens with two attached hydrogens (primary N) is 1. The van der Waals surface area contributed by atoms with Gasteiger partial charge in [-0.15, -0.1) is 0 Å². The van der Waals surface area contributed by atoms with Crippen LogP contribution in [0.3, 0.4) is 0 Å². The fourth-order valence-electron chi connectivity index (χ4n) is 6.28. The molecule has 4 N–H and O–H groups in total. The maximum Gasteiger partial charge on any atom is 0.250 e. The van der Waals surface area contributed by atoms with Gasteiger partial charge in [-0.2, -0.15) is 0 Å². The average Bonchev–Trinajstić information content (AvgIpc) is 3.31. The van der Waals surface area contributed by atoms with E-state index in [1.54, 1.807) is 6.07 Å². The first-order valence-electron chi connectivity index (χ1n) is 13.8. The SMILES string of the molecule is NC(=O)c1ccc(-n2c3ccccc3c3c(-c4cnc5ccccc5c4)cccc32)cc1NC1CCCC(O)C1. The first-order chi connectivity index (χ1) is 19.6. The zero-order valence-corrected chi connectivity index (χ0v) is 22.0. The molecule has 1 aliphatic carbocycles. The van der Waals surface area contributed by atoms with Gasteiger partial charge in [0.1, 0.15) is 0 Å². The first-order valence-corrected chi connectivity index (χ1v) is 13.8. The van der Waals surface area contributed by atoms with Gasteiger partial charge in [-0.1, -0.05) is 48.5 Å². The number of nitrogens with one attached hydrogen (secondary N) is 1. The highest BCUT2D eigenvalue weighted by Crippen LogP contribution is 2.39. The van der Waals surface area contributed by atoms with Gasteiger partial charge >= 0.3 is 0 Å². The normalized spacial score (nSPS) is 17.4. The Morgan fingerprint density at radius 3 is 2.62 bits per heavy atom. The minimum Gasteiger partial charge on any atom is -0.393 e. The van der Waals surface area contributed by atoms with Crippen molar-refractivity contribution < 1.29 is 9.90 Å². The first kappa shape index (κ1) is 24.4. The lowest BCUT2D eigenvalue weighted by atomic mass is 9.92. The van der Waals surface area contributed by atoms with Crippen molar-refractivity contribution in [2.24, 2.45) is 5.73 Å². The Morgan fingerprint density at radius 2 is 1.75 bits per heavy atom. The molecule has 1 aliphatic rings. The summed E-state index contributed by atoms with van der Waals surface area (Å²) in [7, 11) is 0. The maximum absolute atomic E-state index is 12.4. The minimum absolute atomic E-state index is 0.0854. The standard InChI is InChI=1S/C34H30N4O2/c35-34(40)27-16-15-24(19-30(27)37-23-8-5-9-25(39)18-23)38-31-13-4-2-10-28(31)33-26(11-6-14-32(33)38)22-17-21-7-1-3-12-29(21)36-20-22/h1-4,6-7,10-17,19-20,23,25,37,39H,5,8-9,18H2,(H2,35,40). The molecule has 0 radical (unpaired) electrons. The zero-order valence-electron chi connectivity index (χ0n) is 22.0. The molecule has 1 fully saturated rings. The Hall–Kier alpha value is -4.68. The topological polar surface area (TPSA) is 93.2 Å². The van der Waals surface area contributed by atoms with Gasteiger partial charge in [-0.05, 0) is 73.7 Å². The molecule has 6 heteroatoms. The van der Waals surface area contributed by atoms with E-state index in [0.29, 0.717) is 17.7 Å². The van der Waals surface area contributed by atoms with E-state index in [9.17, 15) is 9.90 Å². The summed E-state index contributed by atoms with van der Waals surface area (Å²) in [4.78, 5) is 17.1. The molecule has 0 spiro atoms. The lowest BCUT2D eigenvalue weighted by molar-refractivity contribution is 0.100. The largest absolute Gasteiger partial charge is 0.393 e. The summed E-state index contributed by atoms with van der Waals surface area (Å²) >= 11 is 0. The second kappa shape index (κ2) is 9.81. The highest BCUT2D eigenvalue weighted by atomic mass is 16.3. The molecule has 198 valence electrons. The summed E-state index contributed by atoms with van der Waals surface area (Å²) in [6.45, 7) is 0. The molecule has 40 heavy (non-hydrogen) atoms. The van der Waals surface area contributed by atoms with Crippen LogP contribution in [0.25, 0.3) is 49.5 Å². The number of pyridine rings is 1. The van der Waals surface area contributed by atoms with E-state index in [-0.39, 0.29) is 12.1 Å². The second-order valence-corrected chi connectivity index (χ2v) is 10.7. The molecule has 4 aromatic carbocycles. The van der Waals surface area contributed by atoms with Crippen molar-refractivity contribution in [3.8, 4) is 16.8 Å². The smallest absolute Gasteiger partial charge is 0.250 e. The number of rotatable bonds is 5. The number of anilines is 1. The third-order valence-corrected chi connectivity index (χ3v) is 8.13. The van der Waals surface area contributed by atoms with Crippen LogP contribution in [0.2, 0.25) is 0 Å². The van der Waals surface area contributed by atoms with Gasteiger partial charge in [0.2, 0.25) is 0 Å². The van der Waals surface area contributed by atoms with E-state index in [1.165, 1.54) is 0 Å². The Bertz CT molecular complexity index is 1910. The van der Waals surface area contributed by atoms with Crippen molar-refractivity contribution >= 4 is 44.3 Å². The number of aliphatic hydroxyl groups excluding tert-OH is 1. The van der Waals surface area contributed by atoms with Gasteiger partial charge in [0.15, 0.2) is 0 Å². The predicted octanol–water partition coefficient (Wildman–Crippen LogP) is 6.81. The third-order valence-electron chi connectivity index (χ3n) is 8.13. The lowest BCUT2D eigenvalue weighted by Crippen LogP contribution is -2.30. The lowest BCUT2D eigenvalue weighted by Gasteiger charge is -2.28. The molecule has 6 nitrogen and oxygen atoms in total. The highest BCUT2D eigenvalue weighted by molar-refractivity contribution is 6.16. The summed E-state index contributed by atoms with van der Waals surface area (Å²) < 4.78 is 2.24. The number of hydrogen-bond donors (Lipinski definition) is 3. The monoisotopic (exact) mass is 526 g/mol. The van der Waals surface area contributed by atoms with Gasteiger partial charge in [0.05, 0.1) is 28.2 Å². The molecular formula is C34H30N4O2. The molecule has 2 aromatic heterocycles. The van der Waals surface area contributed by atoms with E-state index in [0.717, 1.165) is 68.8 Å². The van der Waals surface area contributed by atoms with E-state index in [4.69, 9.17) is 10.7 Å². The number of fused-ring (bicyclic) bond motifs is 4. The molecule has 2 unspecified atom stereocenters. The number of carbonyl (C=O) groups excluding carboxylic acids is 1. The zero-order chi connectivity index (χ0) is 27.2. The van der Waals surface area contributed by atoms with Crippen LogP contribution in [0.15, 0.2) is 97.2 Å². The molecule has 1 saturated carbocycles. The molecule has 7 rings (SSSR count). The van der Waals surface area contributed by atoms with Crippen molar-refractivity contribution in [3.05, 3.63) is 103 Å². The van der Waals surface area contributed by atoms with Crippen molar-refractivity contribution in [1.82, 2.24) is 9.55 Å². The third kappa shape index (κ3) is 4.17. The van der Waals surface area contributed by atoms with Gasteiger partial charge in [0.25, 0.3) is 5.91 Å². The fraction of sp³-hybridized carbons (Fsp3) is 0.176.